The van der Waals surface area contributed by atoms with Gasteiger partial charge in [-0.2, -0.15) is 13.2 Å². The second kappa shape index (κ2) is 10.7. The van der Waals surface area contributed by atoms with E-state index in [9.17, 15) is 21.6 Å². The first-order chi connectivity index (χ1) is 17.4. The summed E-state index contributed by atoms with van der Waals surface area (Å²) in [6.45, 7) is 2.97. The van der Waals surface area contributed by atoms with Gasteiger partial charge in [0.15, 0.2) is 9.84 Å². The van der Waals surface area contributed by atoms with Crippen LogP contribution in [0.4, 0.5) is 24.5 Å². The molecule has 0 amide bonds. The van der Waals surface area contributed by atoms with Crippen molar-refractivity contribution in [1.29, 1.82) is 0 Å². The standard InChI is InChI=1S/C27H31F3N4O2S/c1-19-6-11-25-24(26(19)32-21-12-15-33(2)16-13-21)17-22(34(25)18-27(28,29)30)5-4-14-31-20-7-9-23(10-8-20)37(3,35)36/h6-11,17,21,31-32H,12-16,18H2,1-3H3. The first-order valence-electron chi connectivity index (χ1n) is 12.1. The molecule has 0 radical (unpaired) electrons. The van der Waals surface area contributed by atoms with Crippen molar-refractivity contribution in [3.8, 4) is 11.8 Å². The van der Waals surface area contributed by atoms with Gasteiger partial charge in [0.25, 0.3) is 0 Å². The van der Waals surface area contributed by atoms with Crippen molar-refractivity contribution < 1.29 is 21.6 Å². The Balaban J connectivity index is 1.60. The van der Waals surface area contributed by atoms with Crippen LogP contribution < -0.4 is 10.6 Å². The highest BCUT2D eigenvalue weighted by Gasteiger charge is 2.30. The second-order valence-electron chi connectivity index (χ2n) is 9.59. The molecule has 1 fully saturated rings. The number of nitrogens with one attached hydrogen (secondary N) is 2. The van der Waals surface area contributed by atoms with Crippen molar-refractivity contribution in [1.82, 2.24) is 9.47 Å². The first kappa shape index (κ1) is 26.9. The summed E-state index contributed by atoms with van der Waals surface area (Å²) >= 11 is 0. The molecule has 0 unspecified atom stereocenters. The van der Waals surface area contributed by atoms with E-state index in [-0.39, 0.29) is 17.5 Å². The molecular formula is C27H31F3N4O2S. The highest BCUT2D eigenvalue weighted by atomic mass is 32.2. The van der Waals surface area contributed by atoms with Crippen LogP contribution in [-0.2, 0) is 16.4 Å². The summed E-state index contributed by atoms with van der Waals surface area (Å²) in [5.41, 5.74) is 3.29. The van der Waals surface area contributed by atoms with Gasteiger partial charge in [0.1, 0.15) is 6.54 Å². The average molecular weight is 533 g/mol. The number of fused-ring (bicyclic) bond motifs is 1. The molecule has 0 atom stereocenters. The molecule has 0 saturated carbocycles. The molecule has 0 bridgehead atoms. The van der Waals surface area contributed by atoms with Gasteiger partial charge in [-0.1, -0.05) is 12.0 Å². The van der Waals surface area contributed by atoms with Crippen LogP contribution in [0.15, 0.2) is 47.4 Å². The molecule has 1 saturated heterocycles. The minimum Gasteiger partial charge on any atom is -0.381 e. The lowest BCUT2D eigenvalue weighted by Gasteiger charge is -2.30. The fourth-order valence-electron chi connectivity index (χ4n) is 4.55. The molecule has 2 N–H and O–H groups in total. The summed E-state index contributed by atoms with van der Waals surface area (Å²) in [6.07, 6.45) is -1.32. The molecule has 0 aliphatic carbocycles. The van der Waals surface area contributed by atoms with E-state index in [0.29, 0.717) is 16.9 Å². The number of benzene rings is 2. The third-order valence-electron chi connectivity index (χ3n) is 6.58. The zero-order chi connectivity index (χ0) is 26.8. The monoisotopic (exact) mass is 532 g/mol. The van der Waals surface area contributed by atoms with Crippen molar-refractivity contribution in [2.45, 2.75) is 43.4 Å². The van der Waals surface area contributed by atoms with Gasteiger partial charge in [-0.05, 0) is 87.8 Å². The van der Waals surface area contributed by atoms with E-state index < -0.39 is 22.6 Å². The zero-order valence-electron chi connectivity index (χ0n) is 21.1. The van der Waals surface area contributed by atoms with Gasteiger partial charge in [0.2, 0.25) is 0 Å². The number of anilines is 2. The maximum absolute atomic E-state index is 13.5. The number of rotatable bonds is 6. The van der Waals surface area contributed by atoms with E-state index in [4.69, 9.17) is 0 Å². The average Bonchev–Trinajstić information content (AvgIpc) is 3.15. The molecule has 0 spiro atoms. The maximum atomic E-state index is 13.5. The summed E-state index contributed by atoms with van der Waals surface area (Å²) in [5.74, 6) is 5.82. The van der Waals surface area contributed by atoms with Crippen molar-refractivity contribution in [3.63, 3.8) is 0 Å². The van der Waals surface area contributed by atoms with Crippen LogP contribution in [0, 0.1) is 18.8 Å². The molecule has 1 aromatic heterocycles. The lowest BCUT2D eigenvalue weighted by molar-refractivity contribution is -0.140. The largest absolute Gasteiger partial charge is 0.406 e. The molecule has 2 aromatic carbocycles. The van der Waals surface area contributed by atoms with Crippen molar-refractivity contribution >= 4 is 32.1 Å². The third-order valence-corrected chi connectivity index (χ3v) is 7.71. The second-order valence-corrected chi connectivity index (χ2v) is 11.6. The van der Waals surface area contributed by atoms with Gasteiger partial charge in [-0.15, -0.1) is 0 Å². The molecule has 3 aromatic rings. The Hall–Kier alpha value is -3.16. The van der Waals surface area contributed by atoms with E-state index >= 15 is 0 Å². The molecule has 2 heterocycles. The SMILES string of the molecule is Cc1ccc2c(cc(C#CCNc3ccc(S(C)(=O)=O)cc3)n2CC(F)(F)F)c1NC1CCN(C)CC1. The molecular weight excluding hydrogens is 501 g/mol. The molecule has 37 heavy (non-hydrogen) atoms. The lowest BCUT2D eigenvalue weighted by Crippen LogP contribution is -2.36. The number of aromatic nitrogens is 1. The normalized spacial score (nSPS) is 15.4. The highest BCUT2D eigenvalue weighted by Crippen LogP contribution is 2.33. The maximum Gasteiger partial charge on any atom is 0.406 e. The minimum absolute atomic E-state index is 0.186. The smallest absolute Gasteiger partial charge is 0.381 e. The van der Waals surface area contributed by atoms with Crippen molar-refractivity contribution in [2.24, 2.45) is 0 Å². The van der Waals surface area contributed by atoms with Crippen LogP contribution in [0.5, 0.6) is 0 Å². The molecule has 10 heteroatoms. The number of halogens is 3. The van der Waals surface area contributed by atoms with Gasteiger partial charge in [-0.3, -0.25) is 0 Å². The van der Waals surface area contributed by atoms with Gasteiger partial charge < -0.3 is 20.1 Å². The summed E-state index contributed by atoms with van der Waals surface area (Å²) in [7, 11) is -1.20. The quantitative estimate of drug-likeness (QED) is 0.443. The number of hydrogen-bond donors (Lipinski definition) is 2. The Morgan fingerprint density at radius 2 is 1.76 bits per heavy atom. The van der Waals surface area contributed by atoms with E-state index in [1.54, 1.807) is 24.3 Å². The Labute approximate surface area is 215 Å². The number of alkyl halides is 3. The summed E-state index contributed by atoms with van der Waals surface area (Å²) in [5, 5.41) is 7.39. The number of sulfone groups is 1. The predicted octanol–water partition coefficient (Wildman–Crippen LogP) is 4.89. The van der Waals surface area contributed by atoms with Crippen LogP contribution >= 0.6 is 0 Å². The van der Waals surface area contributed by atoms with Gasteiger partial charge >= 0.3 is 6.18 Å². The molecule has 1 aliphatic heterocycles. The summed E-state index contributed by atoms with van der Waals surface area (Å²) in [6, 6.07) is 11.8. The fourth-order valence-corrected chi connectivity index (χ4v) is 5.18. The van der Waals surface area contributed by atoms with E-state index in [1.165, 1.54) is 16.7 Å². The summed E-state index contributed by atoms with van der Waals surface area (Å²) in [4.78, 5) is 2.48. The minimum atomic E-state index is -4.39. The lowest BCUT2D eigenvalue weighted by atomic mass is 10.0. The number of nitrogens with zero attached hydrogens (tertiary/aromatic N) is 2. The van der Waals surface area contributed by atoms with E-state index in [0.717, 1.165) is 48.8 Å². The van der Waals surface area contributed by atoms with Crippen LogP contribution in [-0.4, -0.2) is 63.0 Å². The van der Waals surface area contributed by atoms with Crippen LogP contribution in [0.1, 0.15) is 24.1 Å². The number of piperidine rings is 1. The molecule has 6 nitrogen and oxygen atoms in total. The number of hydrogen-bond acceptors (Lipinski definition) is 5. The van der Waals surface area contributed by atoms with Crippen molar-refractivity contribution in [2.75, 3.05) is 43.6 Å². The summed E-state index contributed by atoms with van der Waals surface area (Å²) < 4.78 is 64.9. The molecule has 198 valence electrons. The number of aryl methyl sites for hydroxylation is 1. The Kier molecular flexibility index (Phi) is 7.76. The highest BCUT2D eigenvalue weighted by molar-refractivity contribution is 7.90. The van der Waals surface area contributed by atoms with Crippen molar-refractivity contribution in [3.05, 3.63) is 53.7 Å². The number of likely N-dealkylation sites (tertiary alicyclic amines) is 1. The van der Waals surface area contributed by atoms with Crippen LogP contribution in [0.2, 0.25) is 0 Å². The topological polar surface area (TPSA) is 66.4 Å². The third kappa shape index (κ3) is 6.79. The Bertz CT molecular complexity index is 1430. The van der Waals surface area contributed by atoms with Gasteiger partial charge in [0, 0.05) is 29.1 Å². The zero-order valence-corrected chi connectivity index (χ0v) is 21.9. The van der Waals surface area contributed by atoms with E-state index in [2.05, 4.69) is 34.4 Å². The van der Waals surface area contributed by atoms with Crippen LogP contribution in [0.3, 0.4) is 0 Å². The Morgan fingerprint density at radius 1 is 1.08 bits per heavy atom. The fraction of sp³-hybridized carbons (Fsp3) is 0.407. The predicted molar refractivity (Wildman–Crippen MR) is 142 cm³/mol. The molecule has 4 rings (SSSR count). The van der Waals surface area contributed by atoms with Gasteiger partial charge in [0.05, 0.1) is 22.7 Å². The van der Waals surface area contributed by atoms with Gasteiger partial charge in [-0.25, -0.2) is 8.42 Å². The first-order valence-corrected chi connectivity index (χ1v) is 14.0. The molecule has 1 aliphatic rings. The Morgan fingerprint density at radius 3 is 2.38 bits per heavy atom. The van der Waals surface area contributed by atoms with Crippen LogP contribution in [0.25, 0.3) is 10.9 Å². The van der Waals surface area contributed by atoms with E-state index in [1.807, 2.05) is 13.0 Å².